The van der Waals surface area contributed by atoms with Gasteiger partial charge >= 0.3 is 5.97 Å². The number of rotatable bonds is 5. The van der Waals surface area contributed by atoms with Gasteiger partial charge in [-0.15, -0.1) is 16.8 Å². The van der Waals surface area contributed by atoms with E-state index in [9.17, 15) is 9.90 Å². The number of aromatic nitrogens is 5. The molecule has 0 amide bonds. The van der Waals surface area contributed by atoms with Gasteiger partial charge in [-0.3, -0.25) is 9.58 Å². The molecule has 4 rings (SSSR count). The van der Waals surface area contributed by atoms with Crippen molar-refractivity contribution in [3.05, 3.63) is 42.3 Å². The summed E-state index contributed by atoms with van der Waals surface area (Å²) in [6, 6.07) is 0.856. The summed E-state index contributed by atoms with van der Waals surface area (Å²) < 4.78 is 3.90. The minimum Gasteiger partial charge on any atom is -0.476 e. The SMILES string of the molecule is C=CCn1nc(C(=O)O)c2c1CC[C@H](N1CCC(n3cnnc3)CC1)C2. The third-order valence-electron chi connectivity index (χ3n) is 5.70. The Morgan fingerprint density at radius 1 is 1.23 bits per heavy atom. The van der Waals surface area contributed by atoms with Crippen LogP contribution in [0.25, 0.3) is 0 Å². The van der Waals surface area contributed by atoms with Crippen LogP contribution in [0.2, 0.25) is 0 Å². The van der Waals surface area contributed by atoms with Crippen molar-refractivity contribution in [1.82, 2.24) is 29.4 Å². The molecule has 0 spiro atoms. The highest BCUT2D eigenvalue weighted by molar-refractivity contribution is 5.87. The van der Waals surface area contributed by atoms with Gasteiger partial charge in [0, 0.05) is 36.4 Å². The minimum absolute atomic E-state index is 0.214. The van der Waals surface area contributed by atoms with Crippen molar-refractivity contribution in [3.63, 3.8) is 0 Å². The zero-order chi connectivity index (χ0) is 18.1. The van der Waals surface area contributed by atoms with Crippen molar-refractivity contribution in [1.29, 1.82) is 0 Å². The van der Waals surface area contributed by atoms with Crippen LogP contribution < -0.4 is 0 Å². The molecule has 2 aromatic rings. The Hall–Kier alpha value is -2.48. The molecule has 8 heteroatoms. The summed E-state index contributed by atoms with van der Waals surface area (Å²) in [5, 5.41) is 21.7. The molecular weight excluding hydrogens is 332 g/mol. The van der Waals surface area contributed by atoms with Gasteiger partial charge in [0.1, 0.15) is 12.7 Å². The molecule has 2 aliphatic rings. The molecule has 1 aliphatic heterocycles. The molecule has 0 aromatic carbocycles. The fourth-order valence-electron chi connectivity index (χ4n) is 4.37. The van der Waals surface area contributed by atoms with Gasteiger partial charge in [-0.1, -0.05) is 6.08 Å². The monoisotopic (exact) mass is 356 g/mol. The highest BCUT2D eigenvalue weighted by atomic mass is 16.4. The number of nitrogens with zero attached hydrogens (tertiary/aromatic N) is 6. The van der Waals surface area contributed by atoms with Gasteiger partial charge in [0.25, 0.3) is 0 Å². The lowest BCUT2D eigenvalue weighted by Crippen LogP contribution is -2.44. The normalized spacial score (nSPS) is 21.5. The van der Waals surface area contributed by atoms with Gasteiger partial charge in [-0.25, -0.2) is 4.79 Å². The number of aromatic carboxylic acids is 1. The first kappa shape index (κ1) is 17.0. The molecule has 0 radical (unpaired) electrons. The third kappa shape index (κ3) is 3.05. The highest BCUT2D eigenvalue weighted by Crippen LogP contribution is 2.31. The number of carboxylic acids is 1. The van der Waals surface area contributed by atoms with Crippen LogP contribution in [-0.4, -0.2) is 59.7 Å². The molecule has 138 valence electrons. The fourth-order valence-corrected chi connectivity index (χ4v) is 4.37. The lowest BCUT2D eigenvalue weighted by molar-refractivity contribution is 0.0687. The first-order valence-electron chi connectivity index (χ1n) is 9.18. The van der Waals surface area contributed by atoms with Gasteiger partial charge < -0.3 is 9.67 Å². The van der Waals surface area contributed by atoms with Gasteiger partial charge in [0.15, 0.2) is 5.69 Å². The first-order valence-corrected chi connectivity index (χ1v) is 9.18. The second-order valence-corrected chi connectivity index (χ2v) is 7.12. The van der Waals surface area contributed by atoms with Gasteiger partial charge in [0.05, 0.1) is 6.54 Å². The van der Waals surface area contributed by atoms with Crippen LogP contribution in [0.4, 0.5) is 0 Å². The van der Waals surface area contributed by atoms with Crippen molar-refractivity contribution in [2.45, 2.75) is 50.7 Å². The summed E-state index contributed by atoms with van der Waals surface area (Å²) >= 11 is 0. The number of hydrogen-bond donors (Lipinski definition) is 1. The quantitative estimate of drug-likeness (QED) is 0.818. The molecule has 2 aromatic heterocycles. The molecule has 8 nitrogen and oxygen atoms in total. The van der Waals surface area contributed by atoms with Crippen LogP contribution in [-0.2, 0) is 19.4 Å². The highest BCUT2D eigenvalue weighted by Gasteiger charge is 2.33. The summed E-state index contributed by atoms with van der Waals surface area (Å²) in [6.45, 7) is 6.35. The zero-order valence-electron chi connectivity index (χ0n) is 14.8. The Labute approximate surface area is 152 Å². The number of carbonyl (C=O) groups is 1. The van der Waals surface area contributed by atoms with E-state index in [1.54, 1.807) is 23.4 Å². The lowest BCUT2D eigenvalue weighted by Gasteiger charge is -2.39. The predicted molar refractivity (Wildman–Crippen MR) is 95.1 cm³/mol. The molecule has 1 saturated heterocycles. The zero-order valence-corrected chi connectivity index (χ0v) is 14.8. The average Bonchev–Trinajstić information content (AvgIpc) is 3.30. The van der Waals surface area contributed by atoms with Crippen LogP contribution in [0.15, 0.2) is 25.3 Å². The molecule has 26 heavy (non-hydrogen) atoms. The lowest BCUT2D eigenvalue weighted by atomic mass is 9.89. The minimum atomic E-state index is -0.934. The van der Waals surface area contributed by atoms with Gasteiger partial charge in [0.2, 0.25) is 0 Å². The number of fused-ring (bicyclic) bond motifs is 1. The Kier molecular flexibility index (Phi) is 4.58. The van der Waals surface area contributed by atoms with Crippen molar-refractivity contribution in [3.8, 4) is 0 Å². The summed E-state index contributed by atoms with van der Waals surface area (Å²) in [4.78, 5) is 14.1. The molecule has 1 fully saturated rings. The molecule has 0 unspecified atom stereocenters. The second-order valence-electron chi connectivity index (χ2n) is 7.12. The summed E-state index contributed by atoms with van der Waals surface area (Å²) in [5.74, 6) is -0.934. The third-order valence-corrected chi connectivity index (χ3v) is 5.70. The predicted octanol–water partition coefficient (Wildman–Crippen LogP) is 1.55. The molecule has 1 atom stereocenters. The van der Waals surface area contributed by atoms with Crippen LogP contribution in [0.5, 0.6) is 0 Å². The smallest absolute Gasteiger partial charge is 0.356 e. The fraction of sp³-hybridized carbons (Fsp3) is 0.556. The Morgan fingerprint density at radius 2 is 1.96 bits per heavy atom. The standard InChI is InChI=1S/C18H24N6O2/c1-2-7-24-16-4-3-14(10-15(16)17(21-24)18(25)26)22-8-5-13(6-9-22)23-11-19-20-12-23/h2,11-14H,1,3-10H2,(H,25,26)/t14-/m0/s1. The van der Waals surface area contributed by atoms with Crippen molar-refractivity contribution in [2.24, 2.45) is 0 Å². The Balaban J connectivity index is 1.47. The largest absolute Gasteiger partial charge is 0.476 e. The number of allylic oxidation sites excluding steroid dienone is 1. The van der Waals surface area contributed by atoms with E-state index in [0.29, 0.717) is 18.6 Å². The van der Waals surface area contributed by atoms with E-state index in [4.69, 9.17) is 0 Å². The van der Waals surface area contributed by atoms with Crippen LogP contribution in [0.3, 0.4) is 0 Å². The first-order chi connectivity index (χ1) is 12.7. The molecule has 0 saturated carbocycles. The molecule has 0 bridgehead atoms. The van der Waals surface area contributed by atoms with Crippen LogP contribution >= 0.6 is 0 Å². The van der Waals surface area contributed by atoms with Crippen molar-refractivity contribution < 1.29 is 9.90 Å². The molecule has 3 heterocycles. The van der Waals surface area contributed by atoms with E-state index in [-0.39, 0.29) is 5.69 Å². The van der Waals surface area contributed by atoms with E-state index in [1.165, 1.54) is 0 Å². The van der Waals surface area contributed by atoms with Crippen LogP contribution in [0.1, 0.15) is 47.1 Å². The average molecular weight is 356 g/mol. The summed E-state index contributed by atoms with van der Waals surface area (Å²) in [5.41, 5.74) is 2.19. The van der Waals surface area contributed by atoms with E-state index in [1.807, 2.05) is 0 Å². The molecule has 1 N–H and O–H groups in total. The van der Waals surface area contributed by atoms with E-state index in [0.717, 1.165) is 56.5 Å². The topological polar surface area (TPSA) is 89.1 Å². The molecule has 1 aliphatic carbocycles. The maximum Gasteiger partial charge on any atom is 0.356 e. The summed E-state index contributed by atoms with van der Waals surface area (Å²) in [7, 11) is 0. The molecular formula is C18H24N6O2. The number of likely N-dealkylation sites (tertiary alicyclic amines) is 1. The summed E-state index contributed by atoms with van der Waals surface area (Å²) in [6.07, 6.45) is 10.2. The maximum absolute atomic E-state index is 11.6. The maximum atomic E-state index is 11.6. The second kappa shape index (κ2) is 7.03. The number of hydrogen-bond acceptors (Lipinski definition) is 5. The van der Waals surface area contributed by atoms with E-state index in [2.05, 4.69) is 31.3 Å². The van der Waals surface area contributed by atoms with Gasteiger partial charge in [-0.05, 0) is 32.1 Å². The van der Waals surface area contributed by atoms with Crippen molar-refractivity contribution >= 4 is 5.97 Å². The Bertz CT molecular complexity index is 789. The van der Waals surface area contributed by atoms with E-state index >= 15 is 0 Å². The van der Waals surface area contributed by atoms with Gasteiger partial charge in [-0.2, -0.15) is 5.10 Å². The van der Waals surface area contributed by atoms with Crippen LogP contribution in [0, 0.1) is 0 Å². The number of piperidine rings is 1. The Morgan fingerprint density at radius 3 is 2.62 bits per heavy atom. The number of carboxylic acid groups (broad SMARTS) is 1. The van der Waals surface area contributed by atoms with E-state index < -0.39 is 5.97 Å². The van der Waals surface area contributed by atoms with Crippen molar-refractivity contribution in [2.75, 3.05) is 13.1 Å².